The van der Waals surface area contributed by atoms with Gasteiger partial charge in [-0.15, -0.1) is 0 Å². The summed E-state index contributed by atoms with van der Waals surface area (Å²) in [5, 5.41) is 10.4. The summed E-state index contributed by atoms with van der Waals surface area (Å²) in [6, 6.07) is -0.0803. The fourth-order valence-electron chi connectivity index (χ4n) is 3.64. The van der Waals surface area contributed by atoms with E-state index in [2.05, 4.69) is 14.3 Å². The third kappa shape index (κ3) is 2.41. The third-order valence-electron chi connectivity index (χ3n) is 4.65. The summed E-state index contributed by atoms with van der Waals surface area (Å²) in [4.78, 5) is 18.2. The van der Waals surface area contributed by atoms with Crippen LogP contribution in [0.4, 0.5) is 5.13 Å². The highest BCUT2D eigenvalue weighted by Gasteiger charge is 2.42. The van der Waals surface area contributed by atoms with Gasteiger partial charge in [-0.25, -0.2) is 9.78 Å². The third-order valence-corrected chi connectivity index (χ3v) is 5.42. The molecule has 0 radical (unpaired) electrons. The molecule has 1 saturated carbocycles. The Labute approximate surface area is 123 Å². The summed E-state index contributed by atoms with van der Waals surface area (Å²) >= 11 is 1.36. The lowest BCUT2D eigenvalue weighted by Crippen LogP contribution is -2.55. The highest BCUT2D eigenvalue weighted by Crippen LogP contribution is 2.40. The number of anilines is 1. The van der Waals surface area contributed by atoms with Crippen molar-refractivity contribution >= 4 is 22.6 Å². The van der Waals surface area contributed by atoms with E-state index in [0.717, 1.165) is 36.6 Å². The van der Waals surface area contributed by atoms with Gasteiger partial charge in [0.2, 0.25) is 5.13 Å². The van der Waals surface area contributed by atoms with Crippen LogP contribution in [-0.4, -0.2) is 32.5 Å². The van der Waals surface area contributed by atoms with Crippen LogP contribution in [0.1, 0.15) is 51.3 Å². The number of carboxylic acids is 1. The van der Waals surface area contributed by atoms with Gasteiger partial charge in [0, 0.05) is 24.0 Å². The number of hydrogen-bond donors (Lipinski definition) is 1. The number of carboxylic acid groups (broad SMARTS) is 1. The normalized spacial score (nSPS) is 30.1. The van der Waals surface area contributed by atoms with E-state index in [4.69, 9.17) is 0 Å². The van der Waals surface area contributed by atoms with Gasteiger partial charge in [-0.1, -0.05) is 19.8 Å². The molecule has 110 valence electrons. The van der Waals surface area contributed by atoms with Crippen LogP contribution in [0.5, 0.6) is 0 Å². The molecule has 1 N–H and O–H groups in total. The van der Waals surface area contributed by atoms with Crippen molar-refractivity contribution < 1.29 is 9.90 Å². The van der Waals surface area contributed by atoms with Crippen molar-refractivity contribution in [2.75, 3.05) is 4.90 Å². The van der Waals surface area contributed by atoms with Crippen molar-refractivity contribution in [3.8, 4) is 0 Å². The van der Waals surface area contributed by atoms with E-state index in [0.29, 0.717) is 12.0 Å². The molecule has 2 fully saturated rings. The molecule has 6 heteroatoms. The maximum absolute atomic E-state index is 11.6. The molecule has 20 heavy (non-hydrogen) atoms. The number of aliphatic carboxylic acids is 1. The first-order chi connectivity index (χ1) is 9.70. The minimum absolute atomic E-state index is 0.344. The van der Waals surface area contributed by atoms with Crippen molar-refractivity contribution in [1.29, 1.82) is 0 Å². The lowest BCUT2D eigenvalue weighted by atomic mass is 9.76. The minimum Gasteiger partial charge on any atom is -0.480 e. The number of fused-ring (bicyclic) bond motifs is 1. The molecule has 0 amide bonds. The Hall–Kier alpha value is -1.17. The summed E-state index contributed by atoms with van der Waals surface area (Å²) in [5.41, 5.74) is 0. The lowest BCUT2D eigenvalue weighted by Gasteiger charge is -2.46. The van der Waals surface area contributed by atoms with Gasteiger partial charge < -0.3 is 10.0 Å². The zero-order valence-electron chi connectivity index (χ0n) is 11.8. The summed E-state index contributed by atoms with van der Waals surface area (Å²) in [6.07, 6.45) is 7.38. The van der Waals surface area contributed by atoms with Crippen molar-refractivity contribution in [3.63, 3.8) is 0 Å². The topological polar surface area (TPSA) is 66.3 Å². The Morgan fingerprint density at radius 3 is 2.85 bits per heavy atom. The van der Waals surface area contributed by atoms with E-state index in [1.54, 1.807) is 0 Å². The molecule has 3 rings (SSSR count). The smallest absolute Gasteiger partial charge is 0.326 e. The van der Waals surface area contributed by atoms with Crippen molar-refractivity contribution in [1.82, 2.24) is 9.36 Å². The molecule has 2 aliphatic rings. The van der Waals surface area contributed by atoms with Crippen molar-refractivity contribution in [2.45, 2.75) is 64.0 Å². The predicted molar refractivity (Wildman–Crippen MR) is 78.2 cm³/mol. The number of piperidine rings is 1. The van der Waals surface area contributed by atoms with Gasteiger partial charge in [-0.05, 0) is 31.6 Å². The standard InChI is InChI=1S/C14H21N3O2S/c1-2-12-15-14(20-16-12)17-10-6-4-3-5-9(10)7-8-11(17)13(18)19/h9-11H,2-8H2,1H3,(H,18,19). The molecule has 1 aliphatic heterocycles. The Morgan fingerprint density at radius 1 is 1.35 bits per heavy atom. The predicted octanol–water partition coefficient (Wildman–Crippen LogP) is 2.71. The van der Waals surface area contributed by atoms with Crippen molar-refractivity contribution in [3.05, 3.63) is 5.82 Å². The fourth-order valence-corrected chi connectivity index (χ4v) is 4.50. The molecule has 3 unspecified atom stereocenters. The maximum atomic E-state index is 11.6. The minimum atomic E-state index is -0.720. The first-order valence-electron chi connectivity index (χ1n) is 7.54. The van der Waals surface area contributed by atoms with Gasteiger partial charge in [-0.3, -0.25) is 0 Å². The Bertz CT molecular complexity index is 491. The largest absolute Gasteiger partial charge is 0.480 e. The Morgan fingerprint density at radius 2 is 2.15 bits per heavy atom. The van der Waals surface area contributed by atoms with Crippen molar-refractivity contribution in [2.24, 2.45) is 5.92 Å². The number of aryl methyl sites for hydroxylation is 1. The molecule has 2 heterocycles. The van der Waals surface area contributed by atoms with E-state index in [1.165, 1.54) is 30.8 Å². The van der Waals surface area contributed by atoms with E-state index in [-0.39, 0.29) is 0 Å². The molecule has 1 aliphatic carbocycles. The molecule has 1 saturated heterocycles. The summed E-state index contributed by atoms with van der Waals surface area (Å²) in [6.45, 7) is 2.03. The zero-order chi connectivity index (χ0) is 14.1. The van der Waals surface area contributed by atoms with E-state index in [1.807, 2.05) is 6.92 Å². The van der Waals surface area contributed by atoms with E-state index < -0.39 is 12.0 Å². The van der Waals surface area contributed by atoms with Crippen LogP contribution in [0.2, 0.25) is 0 Å². The van der Waals surface area contributed by atoms with Crippen LogP contribution in [0.15, 0.2) is 0 Å². The quantitative estimate of drug-likeness (QED) is 0.928. The van der Waals surface area contributed by atoms with Gasteiger partial charge in [0.25, 0.3) is 0 Å². The Kier molecular flexibility index (Phi) is 3.92. The van der Waals surface area contributed by atoms with Crippen LogP contribution in [0.3, 0.4) is 0 Å². The van der Waals surface area contributed by atoms with E-state index >= 15 is 0 Å². The molecule has 3 atom stereocenters. The summed E-state index contributed by atoms with van der Waals surface area (Å²) in [5.74, 6) is 0.739. The highest BCUT2D eigenvalue weighted by atomic mass is 32.1. The lowest BCUT2D eigenvalue weighted by molar-refractivity contribution is -0.139. The second-order valence-corrected chi connectivity index (χ2v) is 6.53. The molecule has 0 aromatic carbocycles. The number of aromatic nitrogens is 2. The van der Waals surface area contributed by atoms with Crippen LogP contribution in [-0.2, 0) is 11.2 Å². The molecule has 0 spiro atoms. The van der Waals surface area contributed by atoms with Crippen LogP contribution >= 0.6 is 11.5 Å². The van der Waals surface area contributed by atoms with Gasteiger partial charge in [0.15, 0.2) is 0 Å². The average molecular weight is 295 g/mol. The second kappa shape index (κ2) is 5.68. The SMILES string of the molecule is CCc1nsc(N2C(C(=O)O)CCC3CCCCC32)n1. The summed E-state index contributed by atoms with van der Waals surface area (Å²) in [7, 11) is 0. The second-order valence-electron chi connectivity index (χ2n) is 5.80. The molecular formula is C14H21N3O2S. The molecule has 5 nitrogen and oxygen atoms in total. The molecule has 1 aromatic heterocycles. The fraction of sp³-hybridized carbons (Fsp3) is 0.786. The maximum Gasteiger partial charge on any atom is 0.326 e. The van der Waals surface area contributed by atoms with Gasteiger partial charge in [-0.2, -0.15) is 4.37 Å². The first-order valence-corrected chi connectivity index (χ1v) is 8.31. The Balaban J connectivity index is 1.92. The van der Waals surface area contributed by atoms with Crippen LogP contribution in [0.25, 0.3) is 0 Å². The zero-order valence-corrected chi connectivity index (χ0v) is 12.6. The number of nitrogens with zero attached hydrogens (tertiary/aromatic N) is 3. The molecular weight excluding hydrogens is 274 g/mol. The monoisotopic (exact) mass is 295 g/mol. The van der Waals surface area contributed by atoms with Gasteiger partial charge in [0.05, 0.1) is 0 Å². The molecule has 1 aromatic rings. The van der Waals surface area contributed by atoms with E-state index in [9.17, 15) is 9.90 Å². The van der Waals surface area contributed by atoms with Gasteiger partial charge in [0.1, 0.15) is 11.9 Å². The molecule has 0 bridgehead atoms. The number of carbonyl (C=O) groups is 1. The number of hydrogen-bond acceptors (Lipinski definition) is 5. The van der Waals surface area contributed by atoms with Crippen LogP contribution < -0.4 is 4.90 Å². The summed E-state index contributed by atoms with van der Waals surface area (Å²) < 4.78 is 4.34. The highest BCUT2D eigenvalue weighted by molar-refractivity contribution is 7.09. The van der Waals surface area contributed by atoms with Crippen LogP contribution in [0, 0.1) is 5.92 Å². The first kappa shape index (κ1) is 13.8. The average Bonchev–Trinajstić information content (AvgIpc) is 2.94. The van der Waals surface area contributed by atoms with Gasteiger partial charge >= 0.3 is 5.97 Å². The number of rotatable bonds is 3.